The molecule has 1 amide bonds. The molecule has 3 rings (SSSR count). The summed E-state index contributed by atoms with van der Waals surface area (Å²) in [7, 11) is -3.72. The number of hydrogen-bond donors (Lipinski definition) is 2. The maximum atomic E-state index is 12.6. The zero-order chi connectivity index (χ0) is 24.2. The van der Waals surface area contributed by atoms with E-state index >= 15 is 0 Å². The van der Waals surface area contributed by atoms with Gasteiger partial charge in [-0.2, -0.15) is 0 Å². The lowest BCUT2D eigenvalue weighted by Gasteiger charge is -2.18. The van der Waals surface area contributed by atoms with E-state index in [9.17, 15) is 13.2 Å². The molecule has 0 saturated heterocycles. The predicted molar refractivity (Wildman–Crippen MR) is 131 cm³/mol. The Bertz CT molecular complexity index is 1230. The number of amides is 1. The molecule has 0 bridgehead atoms. The standard InChI is InChI=1S/C26H30N2O4S/c1-17-6-8-22(9-7-17)28-33(30,31)24-12-10-23(11-13-24)32-16-26(29)27-21(5)25-15-19(3)18(2)14-20(25)4/h6-15,21,28H,16H2,1-5H3,(H,27,29). The van der Waals surface area contributed by atoms with Crippen molar-refractivity contribution in [2.45, 2.75) is 45.6 Å². The first-order valence-corrected chi connectivity index (χ1v) is 12.2. The molecule has 0 aliphatic rings. The van der Waals surface area contributed by atoms with E-state index in [-0.39, 0.29) is 23.5 Å². The van der Waals surface area contributed by atoms with Crippen molar-refractivity contribution in [1.82, 2.24) is 5.32 Å². The highest BCUT2D eigenvalue weighted by Gasteiger charge is 2.16. The van der Waals surface area contributed by atoms with Crippen LogP contribution < -0.4 is 14.8 Å². The molecule has 2 N–H and O–H groups in total. The fraction of sp³-hybridized carbons (Fsp3) is 0.269. The number of carbonyl (C=O) groups excluding carboxylic acids is 1. The van der Waals surface area contributed by atoms with Crippen LogP contribution in [-0.4, -0.2) is 20.9 Å². The molecule has 7 heteroatoms. The second-order valence-corrected chi connectivity index (χ2v) is 10.00. The summed E-state index contributed by atoms with van der Waals surface area (Å²) in [5.41, 5.74) is 6.13. The van der Waals surface area contributed by atoms with Gasteiger partial charge in [-0.05, 0) is 93.3 Å². The lowest BCUT2D eigenvalue weighted by molar-refractivity contribution is -0.123. The number of nitrogens with one attached hydrogen (secondary N) is 2. The van der Waals surface area contributed by atoms with Crippen LogP contribution in [0.4, 0.5) is 5.69 Å². The van der Waals surface area contributed by atoms with Crippen molar-refractivity contribution in [2.24, 2.45) is 0 Å². The van der Waals surface area contributed by atoms with Gasteiger partial charge in [0.15, 0.2) is 6.61 Å². The van der Waals surface area contributed by atoms with Crippen LogP contribution >= 0.6 is 0 Å². The van der Waals surface area contributed by atoms with Crippen LogP contribution in [0, 0.1) is 27.7 Å². The third kappa shape index (κ3) is 6.35. The molecule has 3 aromatic rings. The Balaban J connectivity index is 1.57. The van der Waals surface area contributed by atoms with Crippen molar-refractivity contribution >= 4 is 21.6 Å². The molecule has 174 valence electrons. The summed E-state index contributed by atoms with van der Waals surface area (Å²) < 4.78 is 33.2. The highest BCUT2D eigenvalue weighted by atomic mass is 32.2. The summed E-state index contributed by atoms with van der Waals surface area (Å²) in [6.45, 7) is 9.86. The Morgan fingerprint density at radius 3 is 2.12 bits per heavy atom. The van der Waals surface area contributed by atoms with Crippen molar-refractivity contribution in [3.63, 3.8) is 0 Å². The minimum atomic E-state index is -3.72. The molecule has 1 atom stereocenters. The normalized spacial score (nSPS) is 12.2. The minimum absolute atomic E-state index is 0.110. The van der Waals surface area contributed by atoms with Crippen LogP contribution in [0.5, 0.6) is 5.75 Å². The summed E-state index contributed by atoms with van der Waals surface area (Å²) in [4.78, 5) is 12.5. The maximum Gasteiger partial charge on any atom is 0.261 e. The molecular weight excluding hydrogens is 436 g/mol. The highest BCUT2D eigenvalue weighted by molar-refractivity contribution is 7.92. The minimum Gasteiger partial charge on any atom is -0.484 e. The average Bonchev–Trinajstić information content (AvgIpc) is 2.76. The largest absolute Gasteiger partial charge is 0.484 e. The lowest BCUT2D eigenvalue weighted by atomic mass is 9.96. The first-order valence-electron chi connectivity index (χ1n) is 10.7. The van der Waals surface area contributed by atoms with Gasteiger partial charge in [0.2, 0.25) is 0 Å². The molecule has 0 saturated carbocycles. The Hall–Kier alpha value is -3.32. The highest BCUT2D eigenvalue weighted by Crippen LogP contribution is 2.22. The molecule has 6 nitrogen and oxygen atoms in total. The quantitative estimate of drug-likeness (QED) is 0.491. The zero-order valence-corrected chi connectivity index (χ0v) is 20.4. The molecule has 1 unspecified atom stereocenters. The zero-order valence-electron chi connectivity index (χ0n) is 19.6. The van der Waals surface area contributed by atoms with Crippen molar-refractivity contribution in [3.8, 4) is 5.75 Å². The number of sulfonamides is 1. The molecule has 0 aliphatic carbocycles. The summed E-state index contributed by atoms with van der Waals surface area (Å²) >= 11 is 0. The van der Waals surface area contributed by atoms with Gasteiger partial charge in [0.1, 0.15) is 5.75 Å². The van der Waals surface area contributed by atoms with Gasteiger partial charge in [-0.1, -0.05) is 29.8 Å². The van der Waals surface area contributed by atoms with Gasteiger partial charge in [0, 0.05) is 5.69 Å². The topological polar surface area (TPSA) is 84.5 Å². The van der Waals surface area contributed by atoms with Gasteiger partial charge in [-0.3, -0.25) is 9.52 Å². The Labute approximate surface area is 196 Å². The third-order valence-electron chi connectivity index (χ3n) is 5.53. The number of aryl methyl sites for hydroxylation is 4. The van der Waals surface area contributed by atoms with E-state index in [2.05, 4.69) is 36.0 Å². The number of hydrogen-bond acceptors (Lipinski definition) is 4. The third-order valence-corrected chi connectivity index (χ3v) is 6.93. The molecule has 0 fully saturated rings. The van der Waals surface area contributed by atoms with Crippen molar-refractivity contribution in [3.05, 3.63) is 88.5 Å². The Morgan fingerprint density at radius 1 is 0.879 bits per heavy atom. The number of benzene rings is 3. The smallest absolute Gasteiger partial charge is 0.261 e. The molecule has 3 aromatic carbocycles. The second-order valence-electron chi connectivity index (χ2n) is 8.31. The Morgan fingerprint density at radius 2 is 1.48 bits per heavy atom. The lowest BCUT2D eigenvalue weighted by Crippen LogP contribution is -2.31. The number of ether oxygens (including phenoxy) is 1. The molecule has 0 aromatic heterocycles. The van der Waals surface area contributed by atoms with Crippen molar-refractivity contribution < 1.29 is 17.9 Å². The van der Waals surface area contributed by atoms with Gasteiger partial charge in [-0.25, -0.2) is 8.42 Å². The summed E-state index contributed by atoms with van der Waals surface area (Å²) in [5, 5.41) is 2.95. The van der Waals surface area contributed by atoms with E-state index in [0.29, 0.717) is 11.4 Å². The summed E-state index contributed by atoms with van der Waals surface area (Å²) in [5.74, 6) is 0.160. The van der Waals surface area contributed by atoms with Crippen LogP contribution in [0.15, 0.2) is 65.6 Å². The van der Waals surface area contributed by atoms with Crippen LogP contribution in [0.1, 0.15) is 40.8 Å². The van der Waals surface area contributed by atoms with Gasteiger partial charge >= 0.3 is 0 Å². The summed E-state index contributed by atoms with van der Waals surface area (Å²) in [6.07, 6.45) is 0. The molecule has 0 aliphatic heterocycles. The first kappa shape index (κ1) is 24.3. The van der Waals surface area contributed by atoms with Crippen LogP contribution in [0.25, 0.3) is 0 Å². The van der Waals surface area contributed by atoms with Crippen LogP contribution in [0.2, 0.25) is 0 Å². The van der Waals surface area contributed by atoms with E-state index in [1.165, 1.54) is 35.4 Å². The van der Waals surface area contributed by atoms with E-state index in [1.807, 2.05) is 32.9 Å². The van der Waals surface area contributed by atoms with E-state index in [1.54, 1.807) is 12.1 Å². The average molecular weight is 467 g/mol. The monoisotopic (exact) mass is 466 g/mol. The fourth-order valence-electron chi connectivity index (χ4n) is 3.51. The van der Waals surface area contributed by atoms with Crippen LogP contribution in [0.3, 0.4) is 0 Å². The maximum absolute atomic E-state index is 12.6. The van der Waals surface area contributed by atoms with Gasteiger partial charge in [0.25, 0.3) is 15.9 Å². The number of anilines is 1. The SMILES string of the molecule is Cc1ccc(NS(=O)(=O)c2ccc(OCC(=O)NC(C)c3cc(C)c(C)cc3C)cc2)cc1. The summed E-state index contributed by atoms with van der Waals surface area (Å²) in [6, 6.07) is 17.1. The van der Waals surface area contributed by atoms with Crippen LogP contribution in [-0.2, 0) is 14.8 Å². The fourth-order valence-corrected chi connectivity index (χ4v) is 4.57. The Kier molecular flexibility index (Phi) is 7.43. The van der Waals surface area contributed by atoms with Gasteiger partial charge < -0.3 is 10.1 Å². The molecule has 0 heterocycles. The van der Waals surface area contributed by atoms with Crippen molar-refractivity contribution in [2.75, 3.05) is 11.3 Å². The second kappa shape index (κ2) is 10.1. The molecule has 33 heavy (non-hydrogen) atoms. The number of carbonyl (C=O) groups is 1. The van der Waals surface area contributed by atoms with E-state index in [0.717, 1.165) is 16.7 Å². The number of rotatable bonds is 8. The van der Waals surface area contributed by atoms with Gasteiger partial charge in [-0.15, -0.1) is 0 Å². The van der Waals surface area contributed by atoms with Crippen molar-refractivity contribution in [1.29, 1.82) is 0 Å². The van der Waals surface area contributed by atoms with E-state index < -0.39 is 10.0 Å². The molecule has 0 spiro atoms. The molecular formula is C26H30N2O4S. The first-order chi connectivity index (χ1) is 15.5. The van der Waals surface area contributed by atoms with Gasteiger partial charge in [0.05, 0.1) is 10.9 Å². The van der Waals surface area contributed by atoms with E-state index in [4.69, 9.17) is 4.74 Å². The molecule has 0 radical (unpaired) electrons. The predicted octanol–water partition coefficient (Wildman–Crippen LogP) is 4.98.